The first-order valence-corrected chi connectivity index (χ1v) is 9.37. The monoisotopic (exact) mass is 399 g/mol. The summed E-state index contributed by atoms with van der Waals surface area (Å²) in [7, 11) is 0. The highest BCUT2D eigenvalue weighted by Gasteiger charge is 2.26. The van der Waals surface area contributed by atoms with Crippen LogP contribution in [0.2, 0.25) is 0 Å². The van der Waals surface area contributed by atoms with Crippen molar-refractivity contribution in [2.24, 2.45) is 0 Å². The number of anilines is 2. The highest BCUT2D eigenvalue weighted by molar-refractivity contribution is 7.14. The lowest BCUT2D eigenvalue weighted by Crippen LogP contribution is -2.40. The van der Waals surface area contributed by atoms with Crippen molar-refractivity contribution in [3.8, 4) is 11.8 Å². The summed E-state index contributed by atoms with van der Waals surface area (Å²) in [5.74, 6) is -0.808. The first-order valence-electron chi connectivity index (χ1n) is 8.49. The number of nitrogens with one attached hydrogen (secondary N) is 1. The minimum Gasteiger partial charge on any atom is -0.482 e. The van der Waals surface area contributed by atoms with Gasteiger partial charge in [0.1, 0.15) is 16.8 Å². The minimum absolute atomic E-state index is 0.0693. The summed E-state index contributed by atoms with van der Waals surface area (Å²) in [5, 5.41) is 13.6. The second-order valence-electron chi connectivity index (χ2n) is 5.95. The van der Waals surface area contributed by atoms with Gasteiger partial charge in [-0.25, -0.2) is 0 Å². The Morgan fingerprint density at radius 1 is 1.39 bits per heavy atom. The molecule has 0 unspecified atom stereocenters. The number of nitrogens with zero attached hydrogens (tertiary/aromatic N) is 2. The van der Waals surface area contributed by atoms with Gasteiger partial charge in [-0.2, -0.15) is 5.26 Å². The molecule has 1 aromatic heterocycles. The zero-order chi connectivity index (χ0) is 20.1. The minimum atomic E-state index is -1.03. The molecule has 1 N–H and O–H groups in total. The number of ether oxygens (including phenoxy) is 2. The molecule has 1 aliphatic heterocycles. The highest BCUT2D eigenvalue weighted by Crippen LogP contribution is 2.31. The maximum atomic E-state index is 12.2. The lowest BCUT2D eigenvalue weighted by atomic mass is 10.2. The Morgan fingerprint density at radius 2 is 2.18 bits per heavy atom. The summed E-state index contributed by atoms with van der Waals surface area (Å²) in [6, 6.07) is 10.6. The van der Waals surface area contributed by atoms with Crippen molar-refractivity contribution in [2.75, 3.05) is 23.4 Å². The molecular formula is C19H17N3O5S. The molecule has 0 bridgehead atoms. The molecule has 1 aliphatic rings. The van der Waals surface area contributed by atoms with Gasteiger partial charge in [0.05, 0.1) is 17.7 Å². The molecule has 1 aromatic carbocycles. The van der Waals surface area contributed by atoms with E-state index < -0.39 is 18.0 Å². The van der Waals surface area contributed by atoms with Crippen molar-refractivity contribution in [1.82, 2.24) is 0 Å². The molecule has 2 heterocycles. The zero-order valence-electron chi connectivity index (χ0n) is 15.0. The maximum absolute atomic E-state index is 12.2. The van der Waals surface area contributed by atoms with Gasteiger partial charge in [-0.05, 0) is 30.5 Å². The molecule has 0 fully saturated rings. The molecule has 0 saturated carbocycles. The molecule has 144 valence electrons. The smallest absolute Gasteiger partial charge is 0.308 e. The number of fused-ring (bicyclic) bond motifs is 1. The first-order chi connectivity index (χ1) is 13.5. The number of carbonyl (C=O) groups is 3. The molecule has 3 rings (SSSR count). The van der Waals surface area contributed by atoms with Gasteiger partial charge in [-0.1, -0.05) is 12.1 Å². The quantitative estimate of drug-likeness (QED) is 0.747. The van der Waals surface area contributed by atoms with Crippen LogP contribution in [0.5, 0.6) is 5.75 Å². The topological polar surface area (TPSA) is 109 Å². The number of carbonyl (C=O) groups excluding carboxylic acids is 3. The number of para-hydroxylation sites is 2. The summed E-state index contributed by atoms with van der Waals surface area (Å²) in [5.41, 5.74) is 0.945. The maximum Gasteiger partial charge on any atom is 0.308 e. The van der Waals surface area contributed by atoms with E-state index in [4.69, 9.17) is 14.7 Å². The van der Waals surface area contributed by atoms with E-state index in [1.165, 1.54) is 23.2 Å². The number of rotatable bonds is 6. The fourth-order valence-electron chi connectivity index (χ4n) is 2.62. The zero-order valence-corrected chi connectivity index (χ0v) is 15.8. The number of esters is 1. The van der Waals surface area contributed by atoms with Crippen molar-refractivity contribution >= 4 is 39.8 Å². The third kappa shape index (κ3) is 4.29. The first kappa shape index (κ1) is 19.4. The Balaban J connectivity index is 1.54. The molecule has 2 aromatic rings. The second kappa shape index (κ2) is 8.54. The average Bonchev–Trinajstić information content (AvgIpc) is 3.14. The van der Waals surface area contributed by atoms with E-state index in [-0.39, 0.29) is 25.5 Å². The van der Waals surface area contributed by atoms with Gasteiger partial charge >= 0.3 is 5.97 Å². The largest absolute Gasteiger partial charge is 0.482 e. The van der Waals surface area contributed by atoms with Crippen molar-refractivity contribution in [1.29, 1.82) is 5.26 Å². The third-order valence-electron chi connectivity index (χ3n) is 4.05. The summed E-state index contributed by atoms with van der Waals surface area (Å²) in [4.78, 5) is 37.9. The van der Waals surface area contributed by atoms with E-state index in [1.807, 2.05) is 6.07 Å². The molecule has 0 spiro atoms. The lowest BCUT2D eigenvalue weighted by Gasteiger charge is -2.29. The number of benzene rings is 1. The van der Waals surface area contributed by atoms with Crippen LogP contribution >= 0.6 is 11.3 Å². The van der Waals surface area contributed by atoms with E-state index >= 15 is 0 Å². The highest BCUT2D eigenvalue weighted by atomic mass is 32.1. The van der Waals surface area contributed by atoms with Crippen molar-refractivity contribution < 1.29 is 23.9 Å². The van der Waals surface area contributed by atoms with Gasteiger partial charge in [0, 0.05) is 6.54 Å². The van der Waals surface area contributed by atoms with Crippen LogP contribution in [0, 0.1) is 11.3 Å². The number of thiophene rings is 1. The molecule has 0 aliphatic carbocycles. The fraction of sp³-hybridized carbons (Fsp3) is 0.263. The normalized spacial score (nSPS) is 13.7. The predicted octanol–water partition coefficient (Wildman–Crippen LogP) is 2.31. The summed E-state index contributed by atoms with van der Waals surface area (Å²) >= 11 is 1.21. The number of nitriles is 1. The van der Waals surface area contributed by atoms with Crippen LogP contribution in [0.4, 0.5) is 10.7 Å². The van der Waals surface area contributed by atoms with E-state index in [0.29, 0.717) is 22.0 Å². The van der Waals surface area contributed by atoms with Crippen LogP contribution in [-0.4, -0.2) is 37.0 Å². The van der Waals surface area contributed by atoms with Crippen molar-refractivity contribution in [2.45, 2.75) is 19.4 Å². The van der Waals surface area contributed by atoms with Crippen LogP contribution in [0.15, 0.2) is 35.7 Å². The molecule has 1 atom stereocenters. The molecular weight excluding hydrogens is 382 g/mol. The Morgan fingerprint density at radius 3 is 2.96 bits per heavy atom. The standard InChI is InChI=1S/C19H17N3O5S/c1-12(18(25)21-19-13(10-20)7-9-28-19)27-17(24)6-8-22-14-4-2-3-5-15(14)26-11-16(22)23/h2-5,7,9,12H,6,8,11H2,1H3,(H,21,25)/t12-/m0/s1. The number of hydrogen-bond donors (Lipinski definition) is 1. The van der Waals surface area contributed by atoms with E-state index in [1.54, 1.807) is 35.7 Å². The van der Waals surface area contributed by atoms with E-state index in [0.717, 1.165) is 0 Å². The lowest BCUT2D eigenvalue weighted by molar-refractivity contribution is -0.152. The van der Waals surface area contributed by atoms with Gasteiger partial charge in [0.15, 0.2) is 12.7 Å². The van der Waals surface area contributed by atoms with Gasteiger partial charge in [0.2, 0.25) is 0 Å². The third-order valence-corrected chi connectivity index (χ3v) is 4.88. The number of amides is 2. The van der Waals surface area contributed by atoms with Gasteiger partial charge in [-0.3, -0.25) is 14.4 Å². The Kier molecular flexibility index (Phi) is 5.91. The Labute approximate surface area is 165 Å². The fourth-order valence-corrected chi connectivity index (χ4v) is 3.36. The van der Waals surface area contributed by atoms with Crippen molar-refractivity contribution in [3.05, 3.63) is 41.3 Å². The Bertz CT molecular complexity index is 949. The molecule has 0 saturated heterocycles. The van der Waals surface area contributed by atoms with Crippen LogP contribution in [0.1, 0.15) is 18.9 Å². The van der Waals surface area contributed by atoms with Gasteiger partial charge in [0.25, 0.3) is 11.8 Å². The summed E-state index contributed by atoms with van der Waals surface area (Å²) in [6.45, 7) is 1.48. The van der Waals surface area contributed by atoms with E-state index in [2.05, 4.69) is 5.32 Å². The Hall–Kier alpha value is -3.38. The molecule has 9 heteroatoms. The van der Waals surface area contributed by atoms with Gasteiger partial charge in [-0.15, -0.1) is 11.3 Å². The van der Waals surface area contributed by atoms with Gasteiger partial charge < -0.3 is 19.7 Å². The van der Waals surface area contributed by atoms with Crippen LogP contribution in [-0.2, 0) is 19.1 Å². The molecule has 28 heavy (non-hydrogen) atoms. The number of hydrogen-bond acceptors (Lipinski definition) is 7. The predicted molar refractivity (Wildman–Crippen MR) is 102 cm³/mol. The molecule has 0 radical (unpaired) electrons. The molecule has 2 amide bonds. The van der Waals surface area contributed by atoms with Crippen LogP contribution < -0.4 is 15.0 Å². The average molecular weight is 399 g/mol. The van der Waals surface area contributed by atoms with E-state index in [9.17, 15) is 14.4 Å². The second-order valence-corrected chi connectivity index (χ2v) is 6.86. The van der Waals surface area contributed by atoms with Crippen LogP contribution in [0.25, 0.3) is 0 Å². The molecule has 8 nitrogen and oxygen atoms in total. The van der Waals surface area contributed by atoms with Crippen molar-refractivity contribution in [3.63, 3.8) is 0 Å². The SMILES string of the molecule is C[C@H](OC(=O)CCN1C(=O)COc2ccccc21)C(=O)Nc1sccc1C#N. The summed E-state index contributed by atoms with van der Waals surface area (Å²) < 4.78 is 10.5. The summed E-state index contributed by atoms with van der Waals surface area (Å²) in [6.07, 6.45) is -1.10. The van der Waals surface area contributed by atoms with Crippen LogP contribution in [0.3, 0.4) is 0 Å².